The Kier molecular flexibility index (Phi) is 5.14. The highest BCUT2D eigenvalue weighted by Crippen LogP contribution is 2.41. The first-order valence-electron chi connectivity index (χ1n) is 7.73. The van der Waals surface area contributed by atoms with Crippen LogP contribution in [0.5, 0.6) is 23.0 Å². The van der Waals surface area contributed by atoms with E-state index in [-0.39, 0.29) is 0 Å². The van der Waals surface area contributed by atoms with Gasteiger partial charge in [0.15, 0.2) is 0 Å². The van der Waals surface area contributed by atoms with Crippen LogP contribution < -0.4 is 18.9 Å². The normalized spacial score (nSPS) is 10.4. The fourth-order valence-electron chi connectivity index (χ4n) is 2.66. The molecule has 25 heavy (non-hydrogen) atoms. The van der Waals surface area contributed by atoms with Gasteiger partial charge < -0.3 is 18.9 Å². The largest absolute Gasteiger partial charge is 0.497 e. The van der Waals surface area contributed by atoms with Crippen LogP contribution in [-0.4, -0.2) is 28.4 Å². The highest BCUT2D eigenvalue weighted by molar-refractivity contribution is 7.14. The van der Waals surface area contributed by atoms with Crippen LogP contribution in [0.4, 0.5) is 0 Å². The van der Waals surface area contributed by atoms with Crippen LogP contribution >= 0.6 is 11.3 Å². The van der Waals surface area contributed by atoms with Crippen LogP contribution in [0, 0.1) is 0 Å². The van der Waals surface area contributed by atoms with Gasteiger partial charge in [0, 0.05) is 22.6 Å². The van der Waals surface area contributed by atoms with Gasteiger partial charge in [0.1, 0.15) is 23.0 Å². The number of hydrogen-bond donors (Lipinski definition) is 0. The molecule has 0 aliphatic rings. The van der Waals surface area contributed by atoms with E-state index in [1.807, 2.05) is 36.4 Å². The predicted octanol–water partition coefficient (Wildman–Crippen LogP) is 5.12. The van der Waals surface area contributed by atoms with Crippen molar-refractivity contribution in [3.8, 4) is 44.6 Å². The summed E-state index contributed by atoms with van der Waals surface area (Å²) in [5, 5.41) is 2.07. The van der Waals surface area contributed by atoms with Gasteiger partial charge in [0.25, 0.3) is 0 Å². The van der Waals surface area contributed by atoms with Crippen molar-refractivity contribution in [1.82, 2.24) is 0 Å². The molecule has 0 unspecified atom stereocenters. The first-order chi connectivity index (χ1) is 12.2. The van der Waals surface area contributed by atoms with Gasteiger partial charge in [0.05, 0.1) is 28.4 Å². The van der Waals surface area contributed by atoms with E-state index in [0.717, 1.165) is 44.6 Å². The molecule has 130 valence electrons. The molecule has 5 heteroatoms. The molecule has 0 N–H and O–H groups in total. The highest BCUT2D eigenvalue weighted by atomic mass is 32.1. The van der Waals surface area contributed by atoms with Crippen LogP contribution in [0.25, 0.3) is 21.6 Å². The molecule has 0 radical (unpaired) electrons. The SMILES string of the molecule is COc1cc(OC)cc(-c2ccsc2-c2cc(OC)cc(OC)c2)c1. The van der Waals surface area contributed by atoms with Gasteiger partial charge in [-0.1, -0.05) is 0 Å². The van der Waals surface area contributed by atoms with Gasteiger partial charge in [-0.2, -0.15) is 0 Å². The van der Waals surface area contributed by atoms with Crippen molar-refractivity contribution < 1.29 is 18.9 Å². The molecule has 0 saturated carbocycles. The zero-order chi connectivity index (χ0) is 17.8. The lowest BCUT2D eigenvalue weighted by molar-refractivity contribution is 0.394. The van der Waals surface area contributed by atoms with Gasteiger partial charge in [-0.3, -0.25) is 0 Å². The Balaban J connectivity index is 2.13. The lowest BCUT2D eigenvalue weighted by Gasteiger charge is -2.11. The van der Waals surface area contributed by atoms with Crippen molar-refractivity contribution in [2.24, 2.45) is 0 Å². The average Bonchev–Trinajstić information content (AvgIpc) is 3.16. The first-order valence-corrected chi connectivity index (χ1v) is 8.61. The lowest BCUT2D eigenvalue weighted by atomic mass is 10.0. The summed E-state index contributed by atoms with van der Waals surface area (Å²) in [5.41, 5.74) is 3.19. The molecule has 3 rings (SSSR count). The van der Waals surface area contributed by atoms with Crippen LogP contribution in [0.1, 0.15) is 0 Å². The summed E-state index contributed by atoms with van der Waals surface area (Å²) in [4.78, 5) is 1.13. The second-order valence-corrected chi connectivity index (χ2v) is 6.28. The summed E-state index contributed by atoms with van der Waals surface area (Å²) in [7, 11) is 6.61. The molecular weight excluding hydrogens is 336 g/mol. The van der Waals surface area contributed by atoms with Gasteiger partial charge in [-0.15, -0.1) is 11.3 Å². The summed E-state index contributed by atoms with van der Waals surface area (Å²) in [6.45, 7) is 0. The Morgan fingerprint density at radius 1 is 0.600 bits per heavy atom. The summed E-state index contributed by atoms with van der Waals surface area (Å²) in [5.74, 6) is 3.04. The van der Waals surface area contributed by atoms with E-state index in [0.29, 0.717) is 0 Å². The van der Waals surface area contributed by atoms with Crippen LogP contribution in [0.3, 0.4) is 0 Å². The van der Waals surface area contributed by atoms with E-state index >= 15 is 0 Å². The molecule has 3 aromatic rings. The monoisotopic (exact) mass is 356 g/mol. The zero-order valence-electron chi connectivity index (χ0n) is 14.7. The topological polar surface area (TPSA) is 36.9 Å². The molecule has 2 aromatic carbocycles. The molecule has 0 saturated heterocycles. The third kappa shape index (κ3) is 3.56. The highest BCUT2D eigenvalue weighted by Gasteiger charge is 2.14. The quantitative estimate of drug-likeness (QED) is 0.614. The number of rotatable bonds is 6. The maximum atomic E-state index is 5.40. The van der Waals surface area contributed by atoms with Gasteiger partial charge >= 0.3 is 0 Å². The summed E-state index contributed by atoms with van der Waals surface area (Å²) >= 11 is 1.67. The number of ether oxygens (including phenoxy) is 4. The molecule has 0 bridgehead atoms. The number of hydrogen-bond acceptors (Lipinski definition) is 5. The predicted molar refractivity (Wildman–Crippen MR) is 101 cm³/mol. The Hall–Kier alpha value is -2.66. The molecule has 0 aliphatic heterocycles. The molecule has 0 spiro atoms. The standard InChI is InChI=1S/C20H20O4S/c1-21-15-7-13(8-16(11-15)22-2)19-5-6-25-20(19)14-9-17(23-3)12-18(10-14)24-4/h5-12H,1-4H3. The number of methoxy groups -OCH3 is 4. The van der Waals surface area contributed by atoms with Gasteiger partial charge in [-0.25, -0.2) is 0 Å². The van der Waals surface area contributed by atoms with Crippen LogP contribution in [0.2, 0.25) is 0 Å². The van der Waals surface area contributed by atoms with E-state index in [1.54, 1.807) is 39.8 Å². The Morgan fingerprint density at radius 2 is 1.04 bits per heavy atom. The third-order valence-corrected chi connectivity index (χ3v) is 4.90. The summed E-state index contributed by atoms with van der Waals surface area (Å²) in [6.07, 6.45) is 0. The van der Waals surface area contributed by atoms with E-state index in [9.17, 15) is 0 Å². The maximum absolute atomic E-state index is 5.40. The molecule has 4 nitrogen and oxygen atoms in total. The van der Waals surface area contributed by atoms with Crippen molar-refractivity contribution in [2.75, 3.05) is 28.4 Å². The van der Waals surface area contributed by atoms with Crippen molar-refractivity contribution >= 4 is 11.3 Å². The van der Waals surface area contributed by atoms with Crippen molar-refractivity contribution in [3.63, 3.8) is 0 Å². The molecule has 0 aliphatic carbocycles. The molecule has 0 atom stereocenters. The Morgan fingerprint density at radius 3 is 1.48 bits per heavy atom. The fourth-order valence-corrected chi connectivity index (χ4v) is 3.57. The number of benzene rings is 2. The molecule has 0 fully saturated rings. The van der Waals surface area contributed by atoms with E-state index in [2.05, 4.69) is 11.4 Å². The molecular formula is C20H20O4S. The second kappa shape index (κ2) is 7.49. The van der Waals surface area contributed by atoms with Crippen molar-refractivity contribution in [2.45, 2.75) is 0 Å². The minimum Gasteiger partial charge on any atom is -0.497 e. The number of thiophene rings is 1. The fraction of sp³-hybridized carbons (Fsp3) is 0.200. The Labute approximate surface area is 151 Å². The molecule has 1 heterocycles. The minimum atomic E-state index is 0.759. The van der Waals surface area contributed by atoms with Crippen LogP contribution in [0.15, 0.2) is 47.8 Å². The average molecular weight is 356 g/mol. The smallest absolute Gasteiger partial charge is 0.123 e. The Bertz CT molecular complexity index is 755. The van der Waals surface area contributed by atoms with Crippen molar-refractivity contribution in [1.29, 1.82) is 0 Å². The first kappa shape index (κ1) is 17.2. The van der Waals surface area contributed by atoms with E-state index < -0.39 is 0 Å². The van der Waals surface area contributed by atoms with Gasteiger partial charge in [0.2, 0.25) is 0 Å². The second-order valence-electron chi connectivity index (χ2n) is 5.37. The van der Waals surface area contributed by atoms with E-state index in [1.165, 1.54) is 0 Å². The van der Waals surface area contributed by atoms with E-state index in [4.69, 9.17) is 18.9 Å². The van der Waals surface area contributed by atoms with Crippen molar-refractivity contribution in [3.05, 3.63) is 47.8 Å². The zero-order valence-corrected chi connectivity index (χ0v) is 15.5. The molecule has 0 amide bonds. The molecule has 1 aromatic heterocycles. The third-order valence-electron chi connectivity index (χ3n) is 3.94. The minimum absolute atomic E-state index is 0.759. The van der Waals surface area contributed by atoms with Crippen LogP contribution in [-0.2, 0) is 0 Å². The summed E-state index contributed by atoms with van der Waals surface area (Å²) in [6, 6.07) is 13.9. The summed E-state index contributed by atoms with van der Waals surface area (Å²) < 4.78 is 21.6. The maximum Gasteiger partial charge on any atom is 0.123 e. The lowest BCUT2D eigenvalue weighted by Crippen LogP contribution is -1.90. The van der Waals surface area contributed by atoms with Gasteiger partial charge in [-0.05, 0) is 46.8 Å².